The molecule has 0 aromatic rings. The lowest BCUT2D eigenvalue weighted by atomic mass is 9.97. The minimum atomic E-state index is -0.370. The summed E-state index contributed by atoms with van der Waals surface area (Å²) in [7, 11) is 0. The summed E-state index contributed by atoms with van der Waals surface area (Å²) in [5.74, 6) is -0.523. The number of nitriles is 1. The van der Waals surface area contributed by atoms with Gasteiger partial charge in [-0.25, -0.2) is 0 Å². The first-order valence-electron chi connectivity index (χ1n) is 11.1. The standard InChI is InChI=1S/C22H36N4O2/c23-16-19(17-25-21(27)18-12-14-24-15-13-18)22(28)26-20-10-8-6-4-2-1-3-5-7-9-11-20/h17-18,20,24H,1-15H2,(H,25,27)(H,26,28)/b19-17-. The van der Waals surface area contributed by atoms with Crippen molar-refractivity contribution in [3.63, 3.8) is 0 Å². The Kier molecular flexibility index (Phi) is 10.7. The van der Waals surface area contributed by atoms with Crippen molar-refractivity contribution >= 4 is 11.8 Å². The maximum Gasteiger partial charge on any atom is 0.263 e. The van der Waals surface area contributed by atoms with Gasteiger partial charge in [0.15, 0.2) is 0 Å². The number of amides is 2. The van der Waals surface area contributed by atoms with Crippen LogP contribution in [-0.2, 0) is 9.59 Å². The lowest BCUT2D eigenvalue weighted by Crippen LogP contribution is -2.38. The molecule has 156 valence electrons. The zero-order valence-corrected chi connectivity index (χ0v) is 17.1. The van der Waals surface area contributed by atoms with Crippen LogP contribution in [0.1, 0.15) is 83.5 Å². The Balaban J connectivity index is 1.85. The van der Waals surface area contributed by atoms with Crippen LogP contribution in [0.5, 0.6) is 0 Å². The molecule has 0 bridgehead atoms. The van der Waals surface area contributed by atoms with E-state index in [9.17, 15) is 14.9 Å². The Morgan fingerprint density at radius 3 is 1.93 bits per heavy atom. The molecule has 3 N–H and O–H groups in total. The first-order valence-corrected chi connectivity index (χ1v) is 11.1. The predicted molar refractivity (Wildman–Crippen MR) is 110 cm³/mol. The van der Waals surface area contributed by atoms with Crippen LogP contribution in [0.4, 0.5) is 0 Å². The Hall–Kier alpha value is -1.87. The first kappa shape index (κ1) is 22.4. The topological polar surface area (TPSA) is 94.0 Å². The van der Waals surface area contributed by atoms with E-state index >= 15 is 0 Å². The van der Waals surface area contributed by atoms with Crippen LogP contribution >= 0.6 is 0 Å². The molecule has 0 atom stereocenters. The van der Waals surface area contributed by atoms with Gasteiger partial charge in [0.05, 0.1) is 0 Å². The van der Waals surface area contributed by atoms with Gasteiger partial charge in [-0.3, -0.25) is 9.59 Å². The molecular weight excluding hydrogens is 352 g/mol. The van der Waals surface area contributed by atoms with Gasteiger partial charge in [0.1, 0.15) is 11.6 Å². The van der Waals surface area contributed by atoms with Gasteiger partial charge in [-0.15, -0.1) is 0 Å². The number of nitrogens with zero attached hydrogens (tertiary/aromatic N) is 1. The van der Waals surface area contributed by atoms with Gasteiger partial charge in [0, 0.05) is 18.2 Å². The largest absolute Gasteiger partial charge is 0.349 e. The molecule has 0 unspecified atom stereocenters. The molecule has 6 heteroatoms. The van der Waals surface area contributed by atoms with Crippen molar-refractivity contribution in [2.24, 2.45) is 5.92 Å². The molecule has 2 rings (SSSR count). The van der Waals surface area contributed by atoms with Gasteiger partial charge in [0.25, 0.3) is 5.91 Å². The molecule has 6 nitrogen and oxygen atoms in total. The molecule has 2 fully saturated rings. The van der Waals surface area contributed by atoms with E-state index in [1.165, 1.54) is 51.1 Å². The van der Waals surface area contributed by atoms with Crippen LogP contribution in [0, 0.1) is 17.2 Å². The fraction of sp³-hybridized carbons (Fsp3) is 0.773. The number of hydrogen-bond acceptors (Lipinski definition) is 4. The number of hydrogen-bond donors (Lipinski definition) is 3. The zero-order chi connectivity index (χ0) is 20.0. The molecule has 28 heavy (non-hydrogen) atoms. The number of carbonyl (C=O) groups excluding carboxylic acids is 2. The van der Waals surface area contributed by atoms with Gasteiger partial charge in [0.2, 0.25) is 5.91 Å². The number of piperidine rings is 1. The minimum absolute atomic E-state index is 0.0200. The molecule has 0 aromatic carbocycles. The molecule has 1 heterocycles. The third-order valence-electron chi connectivity index (χ3n) is 5.87. The van der Waals surface area contributed by atoms with Crippen molar-refractivity contribution in [3.05, 3.63) is 11.8 Å². The van der Waals surface area contributed by atoms with Crippen LogP contribution < -0.4 is 16.0 Å². The Bertz CT molecular complexity index is 549. The molecule has 1 saturated heterocycles. The molecule has 1 aliphatic carbocycles. The summed E-state index contributed by atoms with van der Waals surface area (Å²) in [6.07, 6.45) is 16.0. The molecule has 0 radical (unpaired) electrons. The molecule has 0 aromatic heterocycles. The van der Waals surface area contributed by atoms with E-state index in [1.54, 1.807) is 0 Å². The molecular formula is C22H36N4O2. The van der Waals surface area contributed by atoms with Gasteiger partial charge in [-0.05, 0) is 38.8 Å². The quantitative estimate of drug-likeness (QED) is 0.509. The smallest absolute Gasteiger partial charge is 0.263 e. The van der Waals surface area contributed by atoms with Gasteiger partial charge >= 0.3 is 0 Å². The normalized spacial score (nSPS) is 21.6. The maximum atomic E-state index is 12.5. The van der Waals surface area contributed by atoms with Crippen molar-refractivity contribution < 1.29 is 9.59 Å². The van der Waals surface area contributed by atoms with Crippen molar-refractivity contribution in [2.45, 2.75) is 89.5 Å². The summed E-state index contributed by atoms with van der Waals surface area (Å²) >= 11 is 0. The Morgan fingerprint density at radius 2 is 1.39 bits per heavy atom. The average molecular weight is 389 g/mol. The van der Waals surface area contributed by atoms with Gasteiger partial charge in [-0.1, -0.05) is 57.8 Å². The highest BCUT2D eigenvalue weighted by Gasteiger charge is 2.21. The van der Waals surface area contributed by atoms with Crippen molar-refractivity contribution in [1.82, 2.24) is 16.0 Å². The SMILES string of the molecule is N#C/C(=C/NC(=O)C1CCNCC1)C(=O)NC1CCCCCCCCCCC1. The van der Waals surface area contributed by atoms with Crippen molar-refractivity contribution in [1.29, 1.82) is 5.26 Å². The average Bonchev–Trinajstić information content (AvgIpc) is 2.71. The molecule has 1 aliphatic heterocycles. The molecule has 1 saturated carbocycles. The number of carbonyl (C=O) groups is 2. The van der Waals surface area contributed by atoms with E-state index in [2.05, 4.69) is 16.0 Å². The number of nitrogens with one attached hydrogen (secondary N) is 3. The third-order valence-corrected chi connectivity index (χ3v) is 5.87. The minimum Gasteiger partial charge on any atom is -0.349 e. The summed E-state index contributed by atoms with van der Waals surface area (Å²) in [6.45, 7) is 1.66. The third kappa shape index (κ3) is 8.43. The highest BCUT2D eigenvalue weighted by Crippen LogP contribution is 2.17. The van der Waals surface area contributed by atoms with Crippen molar-refractivity contribution in [3.8, 4) is 6.07 Å². The van der Waals surface area contributed by atoms with Crippen LogP contribution in [0.2, 0.25) is 0 Å². The zero-order valence-electron chi connectivity index (χ0n) is 17.1. The van der Waals surface area contributed by atoms with Gasteiger partial charge < -0.3 is 16.0 Å². The van der Waals surface area contributed by atoms with E-state index < -0.39 is 0 Å². The van der Waals surface area contributed by atoms with E-state index in [0.717, 1.165) is 51.6 Å². The summed E-state index contributed by atoms with van der Waals surface area (Å²) in [6, 6.07) is 2.05. The second-order valence-electron chi connectivity index (χ2n) is 8.13. The molecule has 2 amide bonds. The molecule has 2 aliphatic rings. The van der Waals surface area contributed by atoms with Crippen LogP contribution in [0.3, 0.4) is 0 Å². The maximum absolute atomic E-state index is 12.5. The second kappa shape index (κ2) is 13.3. The van der Waals surface area contributed by atoms with E-state index in [1.807, 2.05) is 6.07 Å². The summed E-state index contributed by atoms with van der Waals surface area (Å²) < 4.78 is 0. The monoisotopic (exact) mass is 388 g/mol. The highest BCUT2D eigenvalue weighted by atomic mass is 16.2. The fourth-order valence-electron chi connectivity index (χ4n) is 4.06. The van der Waals surface area contributed by atoms with Gasteiger partial charge in [-0.2, -0.15) is 5.26 Å². The van der Waals surface area contributed by atoms with E-state index in [4.69, 9.17) is 0 Å². The van der Waals surface area contributed by atoms with Crippen molar-refractivity contribution in [2.75, 3.05) is 13.1 Å². The Morgan fingerprint density at radius 1 is 0.857 bits per heavy atom. The predicted octanol–water partition coefficient (Wildman–Crippen LogP) is 3.30. The van der Waals surface area contributed by atoms with Crippen LogP contribution in [-0.4, -0.2) is 30.9 Å². The second-order valence-corrected chi connectivity index (χ2v) is 8.13. The van der Waals surface area contributed by atoms with E-state index in [0.29, 0.717) is 0 Å². The first-order chi connectivity index (χ1) is 13.7. The lowest BCUT2D eigenvalue weighted by Gasteiger charge is -2.21. The lowest BCUT2D eigenvalue weighted by molar-refractivity contribution is -0.124. The summed E-state index contributed by atoms with van der Waals surface area (Å²) in [5, 5.41) is 18.3. The highest BCUT2D eigenvalue weighted by molar-refractivity contribution is 5.98. The summed E-state index contributed by atoms with van der Waals surface area (Å²) in [4.78, 5) is 24.8. The number of rotatable bonds is 4. The Labute approximate surface area is 169 Å². The fourth-order valence-corrected chi connectivity index (χ4v) is 4.06. The molecule has 0 spiro atoms. The van der Waals surface area contributed by atoms with Crippen LogP contribution in [0.25, 0.3) is 0 Å². The van der Waals surface area contributed by atoms with E-state index in [-0.39, 0.29) is 29.3 Å². The summed E-state index contributed by atoms with van der Waals surface area (Å²) in [5.41, 5.74) is -0.0200. The van der Waals surface area contributed by atoms with Crippen LogP contribution in [0.15, 0.2) is 11.8 Å².